The first-order valence-electron chi connectivity index (χ1n) is 3.76. The van der Waals surface area contributed by atoms with E-state index >= 15 is 0 Å². The second kappa shape index (κ2) is 3.59. The van der Waals surface area contributed by atoms with E-state index in [2.05, 4.69) is 9.36 Å². The summed E-state index contributed by atoms with van der Waals surface area (Å²) in [6.45, 7) is 0. The smallest absolute Gasteiger partial charge is 0.335 e. The van der Waals surface area contributed by atoms with Crippen LogP contribution in [0.5, 0.6) is 11.8 Å². The number of benzene rings is 1. The Kier molecular flexibility index (Phi) is 2.28. The van der Waals surface area contributed by atoms with Crippen LogP contribution < -0.4 is 10.5 Å². The van der Waals surface area contributed by atoms with Gasteiger partial charge in [0.05, 0.1) is 0 Å². The molecule has 0 spiro atoms. The molecule has 1 aromatic heterocycles. The van der Waals surface area contributed by atoms with Crippen molar-refractivity contribution in [1.82, 2.24) is 9.36 Å². The number of rotatable bonds is 2. The molecule has 0 amide bonds. The molecule has 0 fully saturated rings. The predicted molar refractivity (Wildman–Crippen MR) is 50.8 cm³/mol. The van der Waals surface area contributed by atoms with Gasteiger partial charge in [0.15, 0.2) is 0 Å². The van der Waals surface area contributed by atoms with Gasteiger partial charge in [-0.3, -0.25) is 0 Å². The fourth-order valence-corrected chi connectivity index (χ4v) is 1.24. The zero-order chi connectivity index (χ0) is 9.97. The first-order chi connectivity index (χ1) is 6.74. The highest BCUT2D eigenvalue weighted by atomic mass is 32.1. The van der Waals surface area contributed by atoms with Crippen molar-refractivity contribution in [2.75, 3.05) is 5.73 Å². The minimum Gasteiger partial charge on any atom is -0.424 e. The molecule has 0 aliphatic carbocycles. The molecule has 0 atom stereocenters. The van der Waals surface area contributed by atoms with Crippen LogP contribution in [0.4, 0.5) is 9.52 Å². The van der Waals surface area contributed by atoms with Crippen molar-refractivity contribution in [3.8, 4) is 11.8 Å². The highest BCUT2D eigenvalue weighted by molar-refractivity contribution is 7.09. The van der Waals surface area contributed by atoms with Gasteiger partial charge in [0, 0.05) is 11.5 Å². The van der Waals surface area contributed by atoms with Crippen molar-refractivity contribution < 1.29 is 9.13 Å². The van der Waals surface area contributed by atoms with Crippen molar-refractivity contribution in [1.29, 1.82) is 0 Å². The van der Waals surface area contributed by atoms with E-state index < -0.39 is 0 Å². The van der Waals surface area contributed by atoms with E-state index in [0.717, 1.165) is 11.5 Å². The van der Waals surface area contributed by atoms with Crippen molar-refractivity contribution in [3.05, 3.63) is 30.1 Å². The van der Waals surface area contributed by atoms with Crippen LogP contribution in [-0.4, -0.2) is 9.36 Å². The Morgan fingerprint density at radius 1 is 1.29 bits per heavy atom. The lowest BCUT2D eigenvalue weighted by Crippen LogP contribution is -1.87. The van der Waals surface area contributed by atoms with Crippen LogP contribution in [0.2, 0.25) is 0 Å². The molecule has 6 heteroatoms. The summed E-state index contributed by atoms with van der Waals surface area (Å²) in [7, 11) is 0. The SMILES string of the molecule is Nc1nc(Oc2ccc(F)cc2)ns1. The summed E-state index contributed by atoms with van der Waals surface area (Å²) in [6.07, 6.45) is 0. The summed E-state index contributed by atoms with van der Waals surface area (Å²) in [6, 6.07) is 5.76. The van der Waals surface area contributed by atoms with Crippen LogP contribution in [0.25, 0.3) is 0 Å². The normalized spacial score (nSPS) is 10.1. The van der Waals surface area contributed by atoms with E-state index in [9.17, 15) is 4.39 Å². The molecule has 2 aromatic rings. The van der Waals surface area contributed by atoms with Gasteiger partial charge in [-0.15, -0.1) is 4.37 Å². The Labute approximate surface area is 83.3 Å². The average molecular weight is 211 g/mol. The first-order valence-corrected chi connectivity index (χ1v) is 4.54. The lowest BCUT2D eigenvalue weighted by molar-refractivity contribution is 0.448. The first kappa shape index (κ1) is 8.89. The van der Waals surface area contributed by atoms with Gasteiger partial charge in [-0.2, -0.15) is 4.98 Å². The molecule has 0 unspecified atom stereocenters. The Morgan fingerprint density at radius 2 is 2.00 bits per heavy atom. The van der Waals surface area contributed by atoms with E-state index in [1.807, 2.05) is 0 Å². The van der Waals surface area contributed by atoms with Crippen LogP contribution >= 0.6 is 11.5 Å². The maximum atomic E-state index is 12.5. The second-order valence-corrected chi connectivity index (χ2v) is 3.25. The quantitative estimate of drug-likeness (QED) is 0.825. The zero-order valence-corrected chi connectivity index (χ0v) is 7.79. The molecule has 1 heterocycles. The summed E-state index contributed by atoms with van der Waals surface area (Å²) >= 11 is 1.04. The molecule has 14 heavy (non-hydrogen) atoms. The van der Waals surface area contributed by atoms with Crippen LogP contribution in [0.1, 0.15) is 0 Å². The van der Waals surface area contributed by atoms with Gasteiger partial charge in [-0.25, -0.2) is 4.39 Å². The van der Waals surface area contributed by atoms with Gasteiger partial charge in [-0.05, 0) is 24.3 Å². The van der Waals surface area contributed by atoms with Crippen LogP contribution in [0.3, 0.4) is 0 Å². The zero-order valence-electron chi connectivity index (χ0n) is 6.98. The molecule has 0 bridgehead atoms. The van der Waals surface area contributed by atoms with Crippen LogP contribution in [0, 0.1) is 5.82 Å². The minimum atomic E-state index is -0.317. The number of nitrogens with two attached hydrogens (primary N) is 1. The fourth-order valence-electron chi connectivity index (χ4n) is 0.870. The van der Waals surface area contributed by atoms with Gasteiger partial charge in [-0.1, -0.05) is 0 Å². The van der Waals surface area contributed by atoms with Gasteiger partial charge < -0.3 is 10.5 Å². The van der Waals surface area contributed by atoms with E-state index in [4.69, 9.17) is 10.5 Å². The van der Waals surface area contributed by atoms with Gasteiger partial charge in [0.2, 0.25) is 5.13 Å². The fraction of sp³-hybridized carbons (Fsp3) is 0. The van der Waals surface area contributed by atoms with E-state index in [0.29, 0.717) is 10.9 Å². The highest BCUT2D eigenvalue weighted by Crippen LogP contribution is 2.20. The van der Waals surface area contributed by atoms with Crippen molar-refractivity contribution in [2.45, 2.75) is 0 Å². The Morgan fingerprint density at radius 3 is 2.57 bits per heavy atom. The third-order valence-electron chi connectivity index (χ3n) is 1.45. The monoisotopic (exact) mass is 211 g/mol. The average Bonchev–Trinajstić information content (AvgIpc) is 2.56. The molecule has 0 aliphatic heterocycles. The third kappa shape index (κ3) is 1.97. The lowest BCUT2D eigenvalue weighted by atomic mass is 10.3. The van der Waals surface area contributed by atoms with Gasteiger partial charge in [0.25, 0.3) is 0 Å². The lowest BCUT2D eigenvalue weighted by Gasteiger charge is -1.98. The maximum absolute atomic E-state index is 12.5. The van der Waals surface area contributed by atoms with Crippen LogP contribution in [0.15, 0.2) is 24.3 Å². The van der Waals surface area contributed by atoms with Crippen LogP contribution in [-0.2, 0) is 0 Å². The van der Waals surface area contributed by atoms with Crippen molar-refractivity contribution >= 4 is 16.7 Å². The number of hydrogen-bond donors (Lipinski definition) is 1. The molecule has 4 nitrogen and oxygen atoms in total. The molecular formula is C8H6FN3OS. The summed E-state index contributed by atoms with van der Waals surface area (Å²) in [5.41, 5.74) is 5.36. The highest BCUT2D eigenvalue weighted by Gasteiger charge is 2.03. The maximum Gasteiger partial charge on any atom is 0.335 e. The number of nitrogens with zero attached hydrogens (tertiary/aromatic N) is 2. The molecule has 2 N–H and O–H groups in total. The van der Waals surface area contributed by atoms with Gasteiger partial charge in [0.1, 0.15) is 11.6 Å². The second-order valence-electron chi connectivity index (χ2n) is 2.47. The van der Waals surface area contributed by atoms with Crippen molar-refractivity contribution in [2.24, 2.45) is 0 Å². The van der Waals surface area contributed by atoms with Gasteiger partial charge >= 0.3 is 6.01 Å². The molecule has 72 valence electrons. The summed E-state index contributed by atoms with van der Waals surface area (Å²) < 4.78 is 21.5. The Bertz CT molecular complexity index is 428. The number of nitrogen functional groups attached to an aromatic ring is 1. The number of hydrogen-bond acceptors (Lipinski definition) is 5. The standard InChI is InChI=1S/C8H6FN3OS/c9-5-1-3-6(4-2-5)13-8-11-7(10)14-12-8/h1-4H,(H2,10,11,12). The topological polar surface area (TPSA) is 61.0 Å². The van der Waals surface area contributed by atoms with E-state index in [-0.39, 0.29) is 11.8 Å². The third-order valence-corrected chi connectivity index (χ3v) is 1.97. The molecule has 1 aromatic carbocycles. The van der Waals surface area contributed by atoms with Crippen molar-refractivity contribution in [3.63, 3.8) is 0 Å². The minimum absolute atomic E-state index is 0.180. The Balaban J connectivity index is 2.15. The number of anilines is 1. The molecule has 0 radical (unpaired) electrons. The molecule has 0 aliphatic rings. The molecule has 0 saturated carbocycles. The number of ether oxygens (including phenoxy) is 1. The molecule has 0 saturated heterocycles. The molecule has 2 rings (SSSR count). The summed E-state index contributed by atoms with van der Waals surface area (Å²) in [4.78, 5) is 3.80. The predicted octanol–water partition coefficient (Wildman–Crippen LogP) is 2.05. The largest absolute Gasteiger partial charge is 0.424 e. The molecular weight excluding hydrogens is 205 g/mol. The summed E-state index contributed by atoms with van der Waals surface area (Å²) in [5.74, 6) is 0.160. The van der Waals surface area contributed by atoms with E-state index in [1.54, 1.807) is 0 Å². The Hall–Kier alpha value is -1.69. The number of aromatic nitrogens is 2. The number of halogens is 1. The van der Waals surface area contributed by atoms with E-state index in [1.165, 1.54) is 24.3 Å². The summed E-state index contributed by atoms with van der Waals surface area (Å²) in [5, 5.41) is 0.335.